The smallest absolute Gasteiger partial charge is 0.344 e. The predicted molar refractivity (Wildman–Crippen MR) is 105 cm³/mol. The fourth-order valence-electron chi connectivity index (χ4n) is 3.38. The van der Waals surface area contributed by atoms with Crippen molar-refractivity contribution in [2.45, 2.75) is 46.1 Å². The van der Waals surface area contributed by atoms with Crippen LogP contribution in [0.15, 0.2) is 21.1 Å². The van der Waals surface area contributed by atoms with Gasteiger partial charge >= 0.3 is 11.9 Å². The second-order valence-corrected chi connectivity index (χ2v) is 8.98. The summed E-state index contributed by atoms with van der Waals surface area (Å²) in [7, 11) is 0. The molecule has 1 aliphatic rings. The molecule has 2 rings (SSSR count). The largest absolute Gasteiger partial charge is 0.506 e. The van der Waals surface area contributed by atoms with E-state index in [1.54, 1.807) is 6.07 Å². The fourth-order valence-corrected chi connectivity index (χ4v) is 4.60. The van der Waals surface area contributed by atoms with Crippen LogP contribution in [0.3, 0.4) is 0 Å². The first-order valence-electron chi connectivity index (χ1n) is 8.73. The minimum atomic E-state index is -0.779. The van der Waals surface area contributed by atoms with E-state index in [-0.39, 0.29) is 17.4 Å². The highest BCUT2D eigenvalue weighted by Crippen LogP contribution is 2.35. The molecule has 1 N–H and O–H groups in total. The molecule has 1 fully saturated rings. The highest BCUT2D eigenvalue weighted by atomic mass is 79.9. The molecule has 26 heavy (non-hydrogen) atoms. The summed E-state index contributed by atoms with van der Waals surface area (Å²) in [5.41, 5.74) is -0.0228. The molecular weight excluding hydrogens is 468 g/mol. The van der Waals surface area contributed by atoms with Gasteiger partial charge in [-0.15, -0.1) is 0 Å². The predicted octanol–water partition coefficient (Wildman–Crippen LogP) is 5.08. The van der Waals surface area contributed by atoms with Crippen LogP contribution in [0.25, 0.3) is 0 Å². The summed E-state index contributed by atoms with van der Waals surface area (Å²) in [6, 6.07) is 3.04. The summed E-state index contributed by atoms with van der Waals surface area (Å²) in [5, 5.41) is 9.96. The minimum absolute atomic E-state index is 0.0228. The molecule has 3 atom stereocenters. The van der Waals surface area contributed by atoms with Gasteiger partial charge in [-0.3, -0.25) is 0 Å². The van der Waals surface area contributed by atoms with Crippen molar-refractivity contribution in [1.82, 2.24) is 0 Å². The molecular formula is C19H24Br2O5. The van der Waals surface area contributed by atoms with Gasteiger partial charge in [0.15, 0.2) is 6.61 Å². The van der Waals surface area contributed by atoms with Crippen molar-refractivity contribution in [3.8, 4) is 5.75 Å². The number of hydrogen-bond acceptors (Lipinski definition) is 5. The Bertz CT molecular complexity index is 674. The number of aromatic hydroxyl groups is 1. The Kier molecular flexibility index (Phi) is 7.52. The van der Waals surface area contributed by atoms with E-state index in [1.807, 2.05) is 0 Å². The van der Waals surface area contributed by atoms with Gasteiger partial charge in [-0.05, 0) is 58.7 Å². The second-order valence-electron chi connectivity index (χ2n) is 7.21. The fraction of sp³-hybridized carbons (Fsp3) is 0.579. The van der Waals surface area contributed by atoms with Crippen molar-refractivity contribution in [3.05, 3.63) is 26.6 Å². The molecule has 0 aliphatic heterocycles. The van der Waals surface area contributed by atoms with Crippen molar-refractivity contribution in [3.63, 3.8) is 0 Å². The molecule has 0 amide bonds. The molecule has 1 aromatic rings. The third-order valence-corrected chi connectivity index (χ3v) is 5.88. The maximum atomic E-state index is 12.2. The third-order valence-electron chi connectivity index (χ3n) is 4.81. The second kappa shape index (κ2) is 9.22. The molecule has 1 aromatic carbocycles. The van der Waals surface area contributed by atoms with Crippen LogP contribution < -0.4 is 0 Å². The maximum absolute atomic E-state index is 12.2. The van der Waals surface area contributed by atoms with Gasteiger partial charge in [-0.1, -0.05) is 43.1 Å². The van der Waals surface area contributed by atoms with Crippen LogP contribution in [0, 0.1) is 17.8 Å². The van der Waals surface area contributed by atoms with Gasteiger partial charge in [-0.2, -0.15) is 0 Å². The summed E-state index contributed by atoms with van der Waals surface area (Å²) < 4.78 is 11.6. The monoisotopic (exact) mass is 490 g/mol. The van der Waals surface area contributed by atoms with Crippen molar-refractivity contribution in [2.24, 2.45) is 17.8 Å². The molecule has 0 heterocycles. The SMILES string of the molecule is CC1CCC(C(C)C)C(OC(=O)COC(=O)c2cc(Br)cc(Br)c2O)C1. The summed E-state index contributed by atoms with van der Waals surface area (Å²) in [6.07, 6.45) is 2.87. The zero-order valence-electron chi connectivity index (χ0n) is 15.1. The van der Waals surface area contributed by atoms with Gasteiger partial charge in [0.1, 0.15) is 17.4 Å². The molecule has 0 saturated heterocycles. The van der Waals surface area contributed by atoms with Crippen LogP contribution in [0.4, 0.5) is 0 Å². The first-order chi connectivity index (χ1) is 12.2. The normalized spacial score (nSPS) is 22.9. The number of halogens is 2. The van der Waals surface area contributed by atoms with E-state index in [9.17, 15) is 14.7 Å². The lowest BCUT2D eigenvalue weighted by Gasteiger charge is -2.36. The molecule has 0 aromatic heterocycles. The lowest BCUT2D eigenvalue weighted by atomic mass is 9.75. The Morgan fingerprint density at radius 1 is 1.27 bits per heavy atom. The van der Waals surface area contributed by atoms with Gasteiger partial charge in [0.25, 0.3) is 0 Å². The van der Waals surface area contributed by atoms with E-state index in [2.05, 4.69) is 52.6 Å². The van der Waals surface area contributed by atoms with E-state index in [4.69, 9.17) is 9.47 Å². The number of benzene rings is 1. The summed E-state index contributed by atoms with van der Waals surface area (Å²) >= 11 is 6.40. The molecule has 0 bridgehead atoms. The number of ether oxygens (including phenoxy) is 2. The van der Waals surface area contributed by atoms with Crippen molar-refractivity contribution in [2.75, 3.05) is 6.61 Å². The standard InChI is InChI=1S/C19H24Br2O5/c1-10(2)13-5-4-11(3)6-16(13)26-17(22)9-25-19(24)14-7-12(20)8-15(21)18(14)23/h7-8,10-11,13,16,23H,4-6,9H2,1-3H3. The van der Waals surface area contributed by atoms with Crippen LogP contribution in [0.2, 0.25) is 0 Å². The zero-order chi connectivity index (χ0) is 19.4. The molecule has 1 aliphatic carbocycles. The Balaban J connectivity index is 1.95. The van der Waals surface area contributed by atoms with Crippen LogP contribution in [0.1, 0.15) is 50.4 Å². The van der Waals surface area contributed by atoms with Gasteiger partial charge in [0.05, 0.1) is 4.47 Å². The number of phenols is 1. The van der Waals surface area contributed by atoms with Gasteiger partial charge in [0, 0.05) is 4.47 Å². The zero-order valence-corrected chi connectivity index (χ0v) is 18.3. The van der Waals surface area contributed by atoms with E-state index in [1.165, 1.54) is 6.07 Å². The van der Waals surface area contributed by atoms with Crippen molar-refractivity contribution >= 4 is 43.8 Å². The van der Waals surface area contributed by atoms with Gasteiger partial charge in [-0.25, -0.2) is 9.59 Å². The summed E-state index contributed by atoms with van der Waals surface area (Å²) in [5.74, 6) is -0.292. The average molecular weight is 492 g/mol. The van der Waals surface area contributed by atoms with E-state index >= 15 is 0 Å². The molecule has 1 saturated carbocycles. The van der Waals surface area contributed by atoms with Gasteiger partial charge < -0.3 is 14.6 Å². The number of carbonyl (C=O) groups excluding carboxylic acids is 2. The molecule has 3 unspecified atom stereocenters. The van der Waals surface area contributed by atoms with Gasteiger partial charge in [0.2, 0.25) is 0 Å². The Hall–Kier alpha value is -1.08. The molecule has 0 spiro atoms. The number of phenolic OH excluding ortho intramolecular Hbond substituents is 1. The van der Waals surface area contributed by atoms with E-state index in [0.717, 1.165) is 19.3 Å². The van der Waals surface area contributed by atoms with Crippen molar-refractivity contribution in [1.29, 1.82) is 0 Å². The first-order valence-corrected chi connectivity index (χ1v) is 10.3. The lowest BCUT2D eigenvalue weighted by molar-refractivity contribution is -0.159. The highest BCUT2D eigenvalue weighted by molar-refractivity contribution is 9.11. The Morgan fingerprint density at radius 2 is 1.96 bits per heavy atom. The molecule has 5 nitrogen and oxygen atoms in total. The molecule has 7 heteroatoms. The number of rotatable bonds is 5. The Labute approximate surface area is 170 Å². The molecule has 0 radical (unpaired) electrons. The van der Waals surface area contributed by atoms with Crippen LogP contribution >= 0.6 is 31.9 Å². The summed E-state index contributed by atoms with van der Waals surface area (Å²) in [6.45, 7) is 5.95. The van der Waals surface area contributed by atoms with Crippen molar-refractivity contribution < 1.29 is 24.2 Å². The average Bonchev–Trinajstić information content (AvgIpc) is 2.55. The third kappa shape index (κ3) is 5.46. The minimum Gasteiger partial charge on any atom is -0.506 e. The van der Waals surface area contributed by atoms with Crippen LogP contribution in [-0.2, 0) is 14.3 Å². The number of carbonyl (C=O) groups is 2. The quantitative estimate of drug-likeness (QED) is 0.581. The van der Waals surface area contributed by atoms with Crippen LogP contribution in [-0.4, -0.2) is 29.8 Å². The molecule has 144 valence electrons. The Morgan fingerprint density at radius 3 is 2.62 bits per heavy atom. The summed E-state index contributed by atoms with van der Waals surface area (Å²) in [4.78, 5) is 24.3. The van der Waals surface area contributed by atoms with Crippen LogP contribution in [0.5, 0.6) is 5.75 Å². The topological polar surface area (TPSA) is 72.8 Å². The highest BCUT2D eigenvalue weighted by Gasteiger charge is 2.33. The number of esters is 2. The first kappa shape index (κ1) is 21.2. The number of hydrogen-bond donors (Lipinski definition) is 1. The maximum Gasteiger partial charge on any atom is 0.344 e. The van der Waals surface area contributed by atoms with E-state index in [0.29, 0.717) is 26.7 Å². The lowest BCUT2D eigenvalue weighted by Crippen LogP contribution is -2.36. The van der Waals surface area contributed by atoms with E-state index < -0.39 is 18.5 Å².